The van der Waals surface area contributed by atoms with Crippen molar-refractivity contribution >= 4 is 16.9 Å². The number of aromatic nitrogens is 2. The van der Waals surface area contributed by atoms with Crippen molar-refractivity contribution in [1.82, 2.24) is 14.9 Å². The zero-order valence-electron chi connectivity index (χ0n) is 12.1. The lowest BCUT2D eigenvalue weighted by Crippen LogP contribution is -2.34. The van der Waals surface area contributed by atoms with Crippen molar-refractivity contribution in [2.45, 2.75) is 39.2 Å². The number of nitrogens with one attached hydrogen (secondary N) is 1. The second-order valence-corrected chi connectivity index (χ2v) is 6.05. The Morgan fingerprint density at radius 3 is 2.95 bits per heavy atom. The molecule has 4 heteroatoms. The maximum Gasteiger partial charge on any atom is 0.254 e. The molecule has 1 aromatic carbocycles. The van der Waals surface area contributed by atoms with Gasteiger partial charge in [-0.3, -0.25) is 4.79 Å². The van der Waals surface area contributed by atoms with E-state index in [1.54, 1.807) is 6.33 Å². The average Bonchev–Trinajstić information content (AvgIpc) is 3.15. The van der Waals surface area contributed by atoms with E-state index in [1.807, 2.05) is 18.2 Å². The summed E-state index contributed by atoms with van der Waals surface area (Å²) in [4.78, 5) is 22.0. The highest BCUT2D eigenvalue weighted by Gasteiger charge is 2.32. The number of fused-ring (bicyclic) bond motifs is 1. The number of benzene rings is 1. The van der Waals surface area contributed by atoms with Crippen molar-refractivity contribution in [2.75, 3.05) is 6.54 Å². The lowest BCUT2D eigenvalue weighted by atomic mass is 10.1. The lowest BCUT2D eigenvalue weighted by Gasteiger charge is -2.23. The molecule has 0 aliphatic heterocycles. The Kier molecular flexibility index (Phi) is 3.47. The molecule has 4 nitrogen and oxygen atoms in total. The number of aromatic amines is 1. The van der Waals surface area contributed by atoms with Gasteiger partial charge in [-0.05, 0) is 43.4 Å². The highest BCUT2D eigenvalue weighted by atomic mass is 16.2. The largest absolute Gasteiger partial charge is 0.345 e. The summed E-state index contributed by atoms with van der Waals surface area (Å²) in [5.74, 6) is 0.781. The molecule has 20 heavy (non-hydrogen) atoms. The van der Waals surface area contributed by atoms with Gasteiger partial charge in [-0.2, -0.15) is 0 Å². The molecule has 2 aromatic rings. The Morgan fingerprint density at radius 2 is 2.25 bits per heavy atom. The maximum atomic E-state index is 12.7. The van der Waals surface area contributed by atoms with Crippen LogP contribution in [0.1, 0.15) is 43.5 Å². The molecule has 1 saturated carbocycles. The quantitative estimate of drug-likeness (QED) is 0.907. The number of rotatable bonds is 5. The summed E-state index contributed by atoms with van der Waals surface area (Å²) >= 11 is 0. The van der Waals surface area contributed by atoms with E-state index < -0.39 is 0 Å². The Hall–Kier alpha value is -1.84. The van der Waals surface area contributed by atoms with E-state index in [4.69, 9.17) is 0 Å². The van der Waals surface area contributed by atoms with Gasteiger partial charge < -0.3 is 9.88 Å². The van der Waals surface area contributed by atoms with Crippen LogP contribution < -0.4 is 0 Å². The number of hydrogen-bond acceptors (Lipinski definition) is 2. The molecule has 1 aliphatic rings. The molecular formula is C16H21N3O. The summed E-state index contributed by atoms with van der Waals surface area (Å²) in [5.41, 5.74) is 2.59. The number of carbonyl (C=O) groups excluding carboxylic acids is 1. The van der Waals surface area contributed by atoms with Crippen molar-refractivity contribution in [3.05, 3.63) is 30.1 Å². The summed E-state index contributed by atoms with van der Waals surface area (Å²) < 4.78 is 0. The second kappa shape index (κ2) is 5.27. The zero-order chi connectivity index (χ0) is 14.1. The first-order chi connectivity index (χ1) is 9.65. The number of nitrogens with zero attached hydrogens (tertiary/aromatic N) is 2. The molecule has 1 heterocycles. The SMILES string of the molecule is CC(C)CCN(C(=O)c1ccc2nc[nH]c2c1)C1CC1. The van der Waals surface area contributed by atoms with Crippen LogP contribution in [0.15, 0.2) is 24.5 Å². The Morgan fingerprint density at radius 1 is 1.45 bits per heavy atom. The van der Waals surface area contributed by atoms with E-state index >= 15 is 0 Å². The van der Waals surface area contributed by atoms with Gasteiger partial charge in [0.1, 0.15) is 0 Å². The van der Waals surface area contributed by atoms with Gasteiger partial charge >= 0.3 is 0 Å². The number of imidazole rings is 1. The van der Waals surface area contributed by atoms with Crippen molar-refractivity contribution in [3.63, 3.8) is 0 Å². The minimum absolute atomic E-state index is 0.157. The van der Waals surface area contributed by atoms with E-state index in [-0.39, 0.29) is 5.91 Å². The summed E-state index contributed by atoms with van der Waals surface area (Å²) in [6, 6.07) is 6.16. The summed E-state index contributed by atoms with van der Waals surface area (Å²) in [5, 5.41) is 0. The molecule has 0 unspecified atom stereocenters. The number of amides is 1. The first-order valence-electron chi connectivity index (χ1n) is 7.39. The summed E-state index contributed by atoms with van der Waals surface area (Å²) in [6.07, 6.45) is 5.02. The van der Waals surface area contributed by atoms with Gasteiger partial charge in [-0.15, -0.1) is 0 Å². The lowest BCUT2D eigenvalue weighted by molar-refractivity contribution is 0.0735. The minimum atomic E-state index is 0.157. The van der Waals surface area contributed by atoms with Gasteiger partial charge in [0.2, 0.25) is 0 Å². The number of carbonyl (C=O) groups is 1. The first-order valence-corrected chi connectivity index (χ1v) is 7.39. The minimum Gasteiger partial charge on any atom is -0.345 e. The summed E-state index contributed by atoms with van der Waals surface area (Å²) in [6.45, 7) is 5.26. The molecule has 3 rings (SSSR count). The molecule has 1 aromatic heterocycles. The predicted octanol–water partition coefficient (Wildman–Crippen LogP) is 3.21. The normalized spacial score (nSPS) is 14.9. The molecule has 1 fully saturated rings. The van der Waals surface area contributed by atoms with Gasteiger partial charge in [-0.25, -0.2) is 4.98 Å². The number of H-pyrrole nitrogens is 1. The highest BCUT2D eigenvalue weighted by Crippen LogP contribution is 2.29. The van der Waals surface area contributed by atoms with Crippen LogP contribution in [0.2, 0.25) is 0 Å². The molecule has 0 bridgehead atoms. The zero-order valence-corrected chi connectivity index (χ0v) is 12.1. The second-order valence-electron chi connectivity index (χ2n) is 6.05. The molecule has 0 saturated heterocycles. The molecule has 0 radical (unpaired) electrons. The van der Waals surface area contributed by atoms with E-state index in [0.717, 1.165) is 42.4 Å². The standard InChI is InChI=1S/C16H21N3O/c1-11(2)7-8-19(13-4-5-13)16(20)12-3-6-14-15(9-12)18-10-17-14/h3,6,9-11,13H,4-5,7-8H2,1-2H3,(H,17,18). The van der Waals surface area contributed by atoms with Gasteiger partial charge in [-0.1, -0.05) is 13.8 Å². The van der Waals surface area contributed by atoms with Crippen LogP contribution in [0.5, 0.6) is 0 Å². The number of hydrogen-bond donors (Lipinski definition) is 1. The molecule has 0 atom stereocenters. The maximum absolute atomic E-state index is 12.7. The third-order valence-corrected chi connectivity index (χ3v) is 3.86. The van der Waals surface area contributed by atoms with Gasteiger partial charge in [0, 0.05) is 18.2 Å². The van der Waals surface area contributed by atoms with Gasteiger partial charge in [0.05, 0.1) is 17.4 Å². The fourth-order valence-corrected chi connectivity index (χ4v) is 2.47. The average molecular weight is 271 g/mol. The van der Waals surface area contributed by atoms with Crippen LogP contribution in [0.4, 0.5) is 0 Å². The van der Waals surface area contributed by atoms with Crippen LogP contribution in [-0.4, -0.2) is 33.4 Å². The fourth-order valence-electron chi connectivity index (χ4n) is 2.47. The summed E-state index contributed by atoms with van der Waals surface area (Å²) in [7, 11) is 0. The monoisotopic (exact) mass is 271 g/mol. The topological polar surface area (TPSA) is 49.0 Å². The molecular weight excluding hydrogens is 250 g/mol. The first kappa shape index (κ1) is 13.2. The van der Waals surface area contributed by atoms with Crippen LogP contribution >= 0.6 is 0 Å². The van der Waals surface area contributed by atoms with Crippen LogP contribution in [0, 0.1) is 5.92 Å². The highest BCUT2D eigenvalue weighted by molar-refractivity contribution is 5.97. The molecule has 106 valence electrons. The smallest absolute Gasteiger partial charge is 0.254 e. The van der Waals surface area contributed by atoms with Crippen LogP contribution in [-0.2, 0) is 0 Å². The van der Waals surface area contributed by atoms with Crippen LogP contribution in [0.25, 0.3) is 11.0 Å². The van der Waals surface area contributed by atoms with E-state index in [1.165, 1.54) is 0 Å². The predicted molar refractivity (Wildman–Crippen MR) is 79.6 cm³/mol. The molecule has 1 amide bonds. The van der Waals surface area contributed by atoms with Crippen molar-refractivity contribution < 1.29 is 4.79 Å². The molecule has 0 spiro atoms. The third-order valence-electron chi connectivity index (χ3n) is 3.86. The van der Waals surface area contributed by atoms with Crippen molar-refractivity contribution in [2.24, 2.45) is 5.92 Å². The molecule has 1 aliphatic carbocycles. The van der Waals surface area contributed by atoms with Crippen molar-refractivity contribution in [3.8, 4) is 0 Å². The Balaban J connectivity index is 1.80. The van der Waals surface area contributed by atoms with Gasteiger partial charge in [0.15, 0.2) is 0 Å². The Labute approximate surface area is 119 Å². The fraction of sp³-hybridized carbons (Fsp3) is 0.500. The van der Waals surface area contributed by atoms with Gasteiger partial charge in [0.25, 0.3) is 5.91 Å². The Bertz CT molecular complexity index is 613. The van der Waals surface area contributed by atoms with E-state index in [9.17, 15) is 4.79 Å². The third kappa shape index (κ3) is 2.69. The van der Waals surface area contributed by atoms with E-state index in [0.29, 0.717) is 12.0 Å². The van der Waals surface area contributed by atoms with Crippen molar-refractivity contribution in [1.29, 1.82) is 0 Å². The van der Waals surface area contributed by atoms with Crippen LogP contribution in [0.3, 0.4) is 0 Å². The van der Waals surface area contributed by atoms with E-state index in [2.05, 4.69) is 28.7 Å². The molecule has 1 N–H and O–H groups in total.